The molecule has 20 heavy (non-hydrogen) atoms. The third-order valence-electron chi connectivity index (χ3n) is 3.95. The largest absolute Gasteiger partial charge is 0.309 e. The van der Waals surface area contributed by atoms with Crippen LogP contribution in [-0.2, 0) is 6.54 Å². The van der Waals surface area contributed by atoms with E-state index in [2.05, 4.69) is 46.6 Å². The van der Waals surface area contributed by atoms with Crippen molar-refractivity contribution in [3.8, 4) is 5.69 Å². The Morgan fingerprint density at radius 1 is 1.30 bits per heavy atom. The fourth-order valence-corrected chi connectivity index (χ4v) is 2.88. The highest BCUT2D eigenvalue weighted by Crippen LogP contribution is 2.15. The van der Waals surface area contributed by atoms with E-state index >= 15 is 0 Å². The van der Waals surface area contributed by atoms with E-state index in [-0.39, 0.29) is 0 Å². The summed E-state index contributed by atoms with van der Waals surface area (Å²) in [4.78, 5) is 2.40. The summed E-state index contributed by atoms with van der Waals surface area (Å²) in [7, 11) is 2.20. The molecule has 0 bridgehead atoms. The number of likely N-dealkylation sites (tertiary alicyclic amines) is 1. The van der Waals surface area contributed by atoms with Crippen molar-refractivity contribution in [2.75, 3.05) is 20.1 Å². The molecule has 0 saturated carbocycles. The van der Waals surface area contributed by atoms with Crippen molar-refractivity contribution < 1.29 is 0 Å². The van der Waals surface area contributed by atoms with Crippen molar-refractivity contribution in [2.24, 2.45) is 0 Å². The van der Waals surface area contributed by atoms with E-state index in [1.54, 1.807) is 0 Å². The number of rotatable bonds is 4. The molecule has 1 aliphatic rings. The number of hydrogen-bond acceptors (Lipinski definition) is 3. The highest BCUT2D eigenvalue weighted by atomic mass is 15.3. The molecule has 1 aliphatic heterocycles. The SMILES string of the molecule is CN1CCCC(NCc2ccccc2-n2cccn2)C1. The Morgan fingerprint density at radius 2 is 2.20 bits per heavy atom. The summed E-state index contributed by atoms with van der Waals surface area (Å²) in [6, 6.07) is 11.0. The van der Waals surface area contributed by atoms with Crippen LogP contribution in [0.1, 0.15) is 18.4 Å². The predicted molar refractivity (Wildman–Crippen MR) is 80.9 cm³/mol. The molecule has 1 aromatic heterocycles. The Bertz CT molecular complexity index is 535. The van der Waals surface area contributed by atoms with E-state index < -0.39 is 0 Å². The lowest BCUT2D eigenvalue weighted by Crippen LogP contribution is -2.43. The molecule has 1 saturated heterocycles. The van der Waals surface area contributed by atoms with Gasteiger partial charge in [-0.05, 0) is 44.1 Å². The number of nitrogens with one attached hydrogen (secondary N) is 1. The first-order valence-corrected chi connectivity index (χ1v) is 7.33. The number of benzene rings is 1. The number of nitrogens with zero attached hydrogens (tertiary/aromatic N) is 3. The van der Waals surface area contributed by atoms with Gasteiger partial charge in [0, 0.05) is 31.5 Å². The van der Waals surface area contributed by atoms with Gasteiger partial charge in [0.15, 0.2) is 0 Å². The maximum Gasteiger partial charge on any atom is 0.0690 e. The number of hydrogen-bond donors (Lipinski definition) is 1. The summed E-state index contributed by atoms with van der Waals surface area (Å²) in [5, 5.41) is 8.02. The van der Waals surface area contributed by atoms with E-state index in [9.17, 15) is 0 Å². The van der Waals surface area contributed by atoms with Crippen LogP contribution in [0, 0.1) is 0 Å². The van der Waals surface area contributed by atoms with Crippen LogP contribution in [0.4, 0.5) is 0 Å². The van der Waals surface area contributed by atoms with Crippen LogP contribution in [-0.4, -0.2) is 40.9 Å². The highest BCUT2D eigenvalue weighted by molar-refractivity contribution is 5.40. The Hall–Kier alpha value is -1.65. The van der Waals surface area contributed by atoms with Crippen molar-refractivity contribution in [3.63, 3.8) is 0 Å². The molecule has 2 aromatic rings. The van der Waals surface area contributed by atoms with Crippen LogP contribution >= 0.6 is 0 Å². The molecular formula is C16H22N4. The topological polar surface area (TPSA) is 33.1 Å². The molecule has 1 unspecified atom stereocenters. The first kappa shape index (κ1) is 13.3. The summed E-state index contributed by atoms with van der Waals surface area (Å²) in [5.74, 6) is 0. The number of para-hydroxylation sites is 1. The maximum atomic E-state index is 4.33. The second-order valence-electron chi connectivity index (χ2n) is 5.56. The lowest BCUT2D eigenvalue weighted by atomic mass is 10.1. The van der Waals surface area contributed by atoms with Crippen LogP contribution in [0.15, 0.2) is 42.7 Å². The quantitative estimate of drug-likeness (QED) is 0.923. The van der Waals surface area contributed by atoms with E-state index in [1.165, 1.54) is 24.9 Å². The van der Waals surface area contributed by atoms with Gasteiger partial charge in [-0.2, -0.15) is 5.10 Å². The molecule has 0 aliphatic carbocycles. The Morgan fingerprint density at radius 3 is 3.00 bits per heavy atom. The van der Waals surface area contributed by atoms with Gasteiger partial charge in [0.2, 0.25) is 0 Å². The first-order valence-electron chi connectivity index (χ1n) is 7.33. The van der Waals surface area contributed by atoms with E-state index in [4.69, 9.17) is 0 Å². The Labute approximate surface area is 120 Å². The van der Waals surface area contributed by atoms with Crippen molar-refractivity contribution in [1.29, 1.82) is 0 Å². The van der Waals surface area contributed by atoms with Gasteiger partial charge in [0.1, 0.15) is 0 Å². The molecule has 3 rings (SSSR count). The van der Waals surface area contributed by atoms with Gasteiger partial charge in [-0.15, -0.1) is 0 Å². The molecular weight excluding hydrogens is 248 g/mol. The maximum absolute atomic E-state index is 4.33. The molecule has 106 valence electrons. The van der Waals surface area contributed by atoms with Crippen molar-refractivity contribution in [3.05, 3.63) is 48.3 Å². The van der Waals surface area contributed by atoms with Gasteiger partial charge in [-0.25, -0.2) is 4.68 Å². The monoisotopic (exact) mass is 270 g/mol. The van der Waals surface area contributed by atoms with Gasteiger partial charge in [0.25, 0.3) is 0 Å². The van der Waals surface area contributed by atoms with Gasteiger partial charge in [0.05, 0.1) is 5.69 Å². The normalized spacial score (nSPS) is 20.1. The molecule has 4 heteroatoms. The fourth-order valence-electron chi connectivity index (χ4n) is 2.88. The van der Waals surface area contributed by atoms with Gasteiger partial charge in [-0.1, -0.05) is 18.2 Å². The number of likely N-dealkylation sites (N-methyl/N-ethyl adjacent to an activating group) is 1. The van der Waals surface area contributed by atoms with E-state index in [1.807, 2.05) is 23.1 Å². The zero-order valence-corrected chi connectivity index (χ0v) is 12.0. The van der Waals surface area contributed by atoms with Gasteiger partial charge in [-0.3, -0.25) is 0 Å². The van der Waals surface area contributed by atoms with Crippen LogP contribution in [0.2, 0.25) is 0 Å². The molecule has 1 aromatic carbocycles. The minimum atomic E-state index is 0.597. The molecule has 1 N–H and O–H groups in total. The molecule has 0 amide bonds. The molecule has 1 fully saturated rings. The fraction of sp³-hybridized carbons (Fsp3) is 0.438. The minimum Gasteiger partial charge on any atom is -0.309 e. The Kier molecular flexibility index (Phi) is 4.14. The average molecular weight is 270 g/mol. The van der Waals surface area contributed by atoms with Crippen molar-refractivity contribution >= 4 is 0 Å². The van der Waals surface area contributed by atoms with Crippen LogP contribution in [0.5, 0.6) is 0 Å². The molecule has 2 heterocycles. The average Bonchev–Trinajstić information content (AvgIpc) is 3.00. The van der Waals surface area contributed by atoms with Gasteiger partial charge < -0.3 is 10.2 Å². The number of aromatic nitrogens is 2. The summed E-state index contributed by atoms with van der Waals surface area (Å²) < 4.78 is 1.93. The summed E-state index contributed by atoms with van der Waals surface area (Å²) in [6.45, 7) is 3.26. The molecule has 0 spiro atoms. The zero-order chi connectivity index (χ0) is 13.8. The Balaban J connectivity index is 1.68. The zero-order valence-electron chi connectivity index (χ0n) is 12.0. The second kappa shape index (κ2) is 6.20. The van der Waals surface area contributed by atoms with Crippen molar-refractivity contribution in [2.45, 2.75) is 25.4 Å². The van der Waals surface area contributed by atoms with Crippen LogP contribution < -0.4 is 5.32 Å². The first-order chi connectivity index (χ1) is 9.83. The van der Waals surface area contributed by atoms with Crippen LogP contribution in [0.25, 0.3) is 5.69 Å². The van der Waals surface area contributed by atoms with E-state index in [0.717, 1.165) is 18.8 Å². The van der Waals surface area contributed by atoms with Crippen molar-refractivity contribution in [1.82, 2.24) is 20.0 Å². The number of piperidine rings is 1. The standard InChI is InChI=1S/C16H22N4/c1-19-10-4-7-15(13-19)17-12-14-6-2-3-8-16(14)20-11-5-9-18-20/h2-3,5-6,8-9,11,15,17H,4,7,10,12-13H2,1H3. The molecule has 4 nitrogen and oxygen atoms in total. The highest BCUT2D eigenvalue weighted by Gasteiger charge is 2.16. The second-order valence-corrected chi connectivity index (χ2v) is 5.56. The molecule has 0 radical (unpaired) electrons. The minimum absolute atomic E-state index is 0.597. The lowest BCUT2D eigenvalue weighted by molar-refractivity contribution is 0.226. The smallest absolute Gasteiger partial charge is 0.0690 e. The predicted octanol–water partition coefficient (Wildman–Crippen LogP) is 2.06. The van der Waals surface area contributed by atoms with Gasteiger partial charge >= 0.3 is 0 Å². The van der Waals surface area contributed by atoms with Crippen LogP contribution in [0.3, 0.4) is 0 Å². The third-order valence-corrected chi connectivity index (χ3v) is 3.95. The third kappa shape index (κ3) is 3.08. The summed E-state index contributed by atoms with van der Waals surface area (Å²) in [6.07, 6.45) is 6.37. The molecule has 1 atom stereocenters. The van der Waals surface area contributed by atoms with E-state index in [0.29, 0.717) is 6.04 Å². The summed E-state index contributed by atoms with van der Waals surface area (Å²) in [5.41, 5.74) is 2.46. The lowest BCUT2D eigenvalue weighted by Gasteiger charge is -2.30. The summed E-state index contributed by atoms with van der Waals surface area (Å²) >= 11 is 0.